The van der Waals surface area contributed by atoms with Crippen LogP contribution in [-0.2, 0) is 6.18 Å². The molecule has 2 aromatic heterocycles. The zero-order chi connectivity index (χ0) is 16.9. The molecule has 1 aliphatic heterocycles. The molecule has 1 fully saturated rings. The number of piperazine rings is 1. The number of alkyl halides is 3. The van der Waals surface area contributed by atoms with Gasteiger partial charge < -0.3 is 10.2 Å². The van der Waals surface area contributed by atoms with Crippen molar-refractivity contribution in [3.8, 4) is 0 Å². The second kappa shape index (κ2) is 5.45. The van der Waals surface area contributed by atoms with Gasteiger partial charge in [0.2, 0.25) is 5.65 Å². The highest BCUT2D eigenvalue weighted by Crippen LogP contribution is 2.36. The van der Waals surface area contributed by atoms with Crippen molar-refractivity contribution in [2.75, 3.05) is 31.1 Å². The first kappa shape index (κ1) is 15.4. The number of rotatable bonds is 1. The SMILES string of the molecule is FC(F)(F)c1cc(Cl)c2nc(N3CCNCC3)c3nncn3c2c1. The van der Waals surface area contributed by atoms with Crippen molar-refractivity contribution in [1.29, 1.82) is 0 Å². The quantitative estimate of drug-likeness (QED) is 0.725. The highest BCUT2D eigenvalue weighted by atomic mass is 35.5. The maximum absolute atomic E-state index is 13.1. The summed E-state index contributed by atoms with van der Waals surface area (Å²) in [5.41, 5.74) is 0.116. The van der Waals surface area contributed by atoms with Gasteiger partial charge in [-0.2, -0.15) is 13.2 Å². The number of aromatic nitrogens is 4. The van der Waals surface area contributed by atoms with E-state index < -0.39 is 11.7 Å². The summed E-state index contributed by atoms with van der Waals surface area (Å²) in [6.07, 6.45) is -3.11. The smallest absolute Gasteiger partial charge is 0.351 e. The minimum atomic E-state index is -4.49. The molecule has 0 bridgehead atoms. The van der Waals surface area contributed by atoms with Gasteiger partial charge in [0.25, 0.3) is 0 Å². The standard InChI is InChI=1S/C14H12ClF3N6/c15-9-5-8(14(16,17)18)6-10-11(9)21-12(13-22-20-7-24(10)13)23-3-1-19-2-4-23/h5-7,19H,1-4H2. The van der Waals surface area contributed by atoms with Gasteiger partial charge in [-0.3, -0.25) is 4.40 Å². The van der Waals surface area contributed by atoms with E-state index in [1.165, 1.54) is 10.7 Å². The molecule has 0 atom stereocenters. The third-order valence-corrected chi connectivity index (χ3v) is 4.30. The number of hydrogen-bond acceptors (Lipinski definition) is 5. The molecule has 1 aromatic carbocycles. The minimum absolute atomic E-state index is 0.0493. The average Bonchev–Trinajstić information content (AvgIpc) is 3.04. The van der Waals surface area contributed by atoms with E-state index >= 15 is 0 Å². The molecule has 126 valence electrons. The van der Waals surface area contributed by atoms with E-state index in [1.54, 1.807) is 0 Å². The summed E-state index contributed by atoms with van der Waals surface area (Å²) in [7, 11) is 0. The fraction of sp³-hybridized carbons (Fsp3) is 0.357. The molecule has 1 N–H and O–H groups in total. The van der Waals surface area contributed by atoms with Crippen LogP contribution in [0.15, 0.2) is 18.5 Å². The third kappa shape index (κ3) is 2.44. The molecule has 0 unspecified atom stereocenters. The Bertz CT molecular complexity index is 916. The van der Waals surface area contributed by atoms with E-state index in [2.05, 4.69) is 20.5 Å². The van der Waals surface area contributed by atoms with Gasteiger partial charge in [-0.25, -0.2) is 4.98 Å². The molecule has 0 aliphatic carbocycles. The van der Waals surface area contributed by atoms with Crippen molar-refractivity contribution in [3.05, 3.63) is 29.0 Å². The van der Waals surface area contributed by atoms with E-state index in [0.717, 1.165) is 38.3 Å². The predicted molar refractivity (Wildman–Crippen MR) is 83.4 cm³/mol. The zero-order valence-electron chi connectivity index (χ0n) is 12.3. The number of benzene rings is 1. The molecule has 0 amide bonds. The van der Waals surface area contributed by atoms with Crippen LogP contribution in [0.2, 0.25) is 5.02 Å². The van der Waals surface area contributed by atoms with Crippen LogP contribution in [-0.4, -0.2) is 45.8 Å². The molecule has 1 saturated heterocycles. The van der Waals surface area contributed by atoms with Gasteiger partial charge >= 0.3 is 6.18 Å². The lowest BCUT2D eigenvalue weighted by Gasteiger charge is -2.28. The Balaban J connectivity index is 2.00. The monoisotopic (exact) mass is 356 g/mol. The summed E-state index contributed by atoms with van der Waals surface area (Å²) in [6, 6.07) is 1.92. The molecular weight excluding hydrogens is 345 g/mol. The molecule has 4 rings (SSSR count). The first-order chi connectivity index (χ1) is 11.4. The largest absolute Gasteiger partial charge is 0.416 e. The lowest BCUT2D eigenvalue weighted by Crippen LogP contribution is -2.44. The first-order valence-corrected chi connectivity index (χ1v) is 7.69. The van der Waals surface area contributed by atoms with Crippen molar-refractivity contribution >= 4 is 34.1 Å². The fourth-order valence-corrected chi connectivity index (χ4v) is 3.11. The summed E-state index contributed by atoms with van der Waals surface area (Å²) in [6.45, 7) is 3.03. The number of nitrogens with one attached hydrogen (secondary N) is 1. The molecule has 1 aliphatic rings. The van der Waals surface area contributed by atoms with E-state index in [0.29, 0.717) is 17.0 Å². The molecule has 0 spiro atoms. The Morgan fingerprint density at radius 2 is 1.92 bits per heavy atom. The van der Waals surface area contributed by atoms with Gasteiger partial charge in [0.15, 0.2) is 5.82 Å². The summed E-state index contributed by atoms with van der Waals surface area (Å²) >= 11 is 6.10. The van der Waals surface area contributed by atoms with E-state index in [4.69, 9.17) is 11.6 Å². The number of anilines is 1. The average molecular weight is 357 g/mol. The molecule has 0 saturated carbocycles. The Labute approximate surface area is 139 Å². The predicted octanol–water partition coefficient (Wildman–Crippen LogP) is 2.36. The van der Waals surface area contributed by atoms with Crippen LogP contribution >= 0.6 is 11.6 Å². The zero-order valence-corrected chi connectivity index (χ0v) is 13.1. The number of hydrogen-bond donors (Lipinski definition) is 1. The van der Waals surface area contributed by atoms with Crippen LogP contribution in [0.25, 0.3) is 16.7 Å². The van der Waals surface area contributed by atoms with E-state index in [-0.39, 0.29) is 10.5 Å². The lowest BCUT2D eigenvalue weighted by molar-refractivity contribution is -0.137. The van der Waals surface area contributed by atoms with Crippen LogP contribution in [0, 0.1) is 0 Å². The van der Waals surface area contributed by atoms with Crippen molar-refractivity contribution in [3.63, 3.8) is 0 Å². The van der Waals surface area contributed by atoms with Crippen LogP contribution in [0.5, 0.6) is 0 Å². The summed E-state index contributed by atoms with van der Waals surface area (Å²) in [5.74, 6) is 0.572. The minimum Gasteiger partial charge on any atom is -0.351 e. The van der Waals surface area contributed by atoms with Crippen molar-refractivity contribution < 1.29 is 13.2 Å². The van der Waals surface area contributed by atoms with E-state index in [9.17, 15) is 13.2 Å². The highest BCUT2D eigenvalue weighted by molar-refractivity contribution is 6.35. The maximum atomic E-state index is 13.1. The molecular formula is C14H12ClF3N6. The van der Waals surface area contributed by atoms with Crippen LogP contribution in [0.4, 0.5) is 19.0 Å². The molecule has 3 aromatic rings. The van der Waals surface area contributed by atoms with E-state index in [1.807, 2.05) is 4.90 Å². The van der Waals surface area contributed by atoms with Crippen molar-refractivity contribution in [2.24, 2.45) is 0 Å². The summed E-state index contributed by atoms with van der Waals surface area (Å²) in [4.78, 5) is 6.52. The fourth-order valence-electron chi connectivity index (χ4n) is 2.85. The van der Waals surface area contributed by atoms with Gasteiger partial charge in [0.1, 0.15) is 11.8 Å². The Kier molecular flexibility index (Phi) is 3.50. The number of halogens is 4. The van der Waals surface area contributed by atoms with Crippen LogP contribution in [0.3, 0.4) is 0 Å². The maximum Gasteiger partial charge on any atom is 0.416 e. The molecule has 24 heavy (non-hydrogen) atoms. The van der Waals surface area contributed by atoms with Gasteiger partial charge in [0.05, 0.1) is 16.1 Å². The molecule has 3 heterocycles. The molecule has 10 heteroatoms. The van der Waals surface area contributed by atoms with Gasteiger partial charge in [-0.1, -0.05) is 11.6 Å². The second-order valence-corrected chi connectivity index (χ2v) is 5.93. The third-order valence-electron chi connectivity index (χ3n) is 4.01. The van der Waals surface area contributed by atoms with Gasteiger partial charge in [0, 0.05) is 26.2 Å². The lowest BCUT2D eigenvalue weighted by atomic mass is 10.2. The topological polar surface area (TPSA) is 58.4 Å². The normalized spacial score (nSPS) is 16.2. The van der Waals surface area contributed by atoms with Crippen LogP contribution < -0.4 is 10.2 Å². The number of nitrogens with zero attached hydrogens (tertiary/aromatic N) is 5. The summed E-state index contributed by atoms with van der Waals surface area (Å²) in [5, 5.41) is 11.1. The second-order valence-electron chi connectivity index (χ2n) is 5.52. The molecule has 6 nitrogen and oxygen atoms in total. The van der Waals surface area contributed by atoms with Crippen molar-refractivity contribution in [2.45, 2.75) is 6.18 Å². The Morgan fingerprint density at radius 1 is 1.17 bits per heavy atom. The number of fused-ring (bicyclic) bond motifs is 3. The van der Waals surface area contributed by atoms with Gasteiger partial charge in [-0.05, 0) is 12.1 Å². The highest BCUT2D eigenvalue weighted by Gasteiger charge is 2.32. The Morgan fingerprint density at radius 3 is 2.62 bits per heavy atom. The first-order valence-electron chi connectivity index (χ1n) is 7.31. The summed E-state index contributed by atoms with van der Waals surface area (Å²) < 4.78 is 40.7. The van der Waals surface area contributed by atoms with Gasteiger partial charge in [-0.15, -0.1) is 10.2 Å². The van der Waals surface area contributed by atoms with Crippen LogP contribution in [0.1, 0.15) is 5.56 Å². The molecule has 0 radical (unpaired) electrons. The Hall–Kier alpha value is -2.13. The van der Waals surface area contributed by atoms with Crippen molar-refractivity contribution in [1.82, 2.24) is 24.9 Å².